The second-order valence-electron chi connectivity index (χ2n) is 8.51. The van der Waals surface area contributed by atoms with Crippen LogP contribution in [0.25, 0.3) is 51.0 Å². The van der Waals surface area contributed by atoms with E-state index in [2.05, 4.69) is 115 Å². The number of hydrogen-bond acceptors (Lipinski definition) is 1. The Morgan fingerprint density at radius 3 is 2.06 bits per heavy atom. The lowest BCUT2D eigenvalue weighted by Gasteiger charge is -2.15. The van der Waals surface area contributed by atoms with Gasteiger partial charge in [0.25, 0.3) is 0 Å². The van der Waals surface area contributed by atoms with E-state index in [9.17, 15) is 0 Å². The van der Waals surface area contributed by atoms with Crippen LogP contribution in [0, 0.1) is 0 Å². The molecule has 1 aliphatic rings. The van der Waals surface area contributed by atoms with Crippen molar-refractivity contribution in [3.8, 4) is 44.9 Å². The van der Waals surface area contributed by atoms with Gasteiger partial charge in [0.1, 0.15) is 11.5 Å². The van der Waals surface area contributed by atoms with Crippen molar-refractivity contribution in [2.24, 2.45) is 0 Å². The van der Waals surface area contributed by atoms with E-state index in [-0.39, 0.29) is 0 Å². The van der Waals surface area contributed by atoms with Gasteiger partial charge in [-0.05, 0) is 64.4 Å². The number of aryl methyl sites for hydroxylation is 1. The topological polar surface area (TPSA) is 13.1 Å². The monoisotopic (exact) mass is 424 g/mol. The maximum atomic E-state index is 6.27. The molecule has 0 saturated heterocycles. The van der Waals surface area contributed by atoms with E-state index in [1.165, 1.54) is 33.4 Å². The number of rotatable bonds is 4. The summed E-state index contributed by atoms with van der Waals surface area (Å²) in [6.07, 6.45) is 6.80. The van der Waals surface area contributed by atoms with Gasteiger partial charge in [0.2, 0.25) is 0 Å². The molecule has 0 atom stereocenters. The Morgan fingerprint density at radius 2 is 1.21 bits per heavy atom. The predicted molar refractivity (Wildman–Crippen MR) is 138 cm³/mol. The highest BCUT2D eigenvalue weighted by Crippen LogP contribution is 2.34. The highest BCUT2D eigenvalue weighted by molar-refractivity contribution is 5.79. The van der Waals surface area contributed by atoms with Crippen LogP contribution >= 0.6 is 0 Å². The SMILES string of the molecule is C1=Cc2c(cccc2-c2ccc(-c3ccc(-c4cccc(-c5ccccc5)c4)o3)cc2)CC1. The standard InChI is InChI=1S/C32H24O/c1-2-8-23(9-3-1)27-12-6-13-28(22-27)32-21-20-31(33-32)26-18-16-25(17-19-26)30-15-7-11-24-10-4-5-14-29(24)30/h1-3,5-9,11-22H,4,10H2. The Hall–Kier alpha value is -4.10. The lowest BCUT2D eigenvalue weighted by atomic mass is 9.90. The molecule has 0 N–H and O–H groups in total. The van der Waals surface area contributed by atoms with E-state index in [4.69, 9.17) is 4.42 Å². The fourth-order valence-corrected chi connectivity index (χ4v) is 4.66. The summed E-state index contributed by atoms with van der Waals surface area (Å²) in [5.74, 6) is 1.77. The molecule has 158 valence electrons. The summed E-state index contributed by atoms with van der Waals surface area (Å²) in [5.41, 5.74) is 9.90. The molecule has 0 aliphatic heterocycles. The fourth-order valence-electron chi connectivity index (χ4n) is 4.66. The molecule has 5 aromatic rings. The molecule has 4 aromatic carbocycles. The third kappa shape index (κ3) is 3.83. The highest BCUT2D eigenvalue weighted by atomic mass is 16.3. The number of benzene rings is 4. The maximum Gasteiger partial charge on any atom is 0.134 e. The fraction of sp³-hybridized carbons (Fsp3) is 0.0625. The van der Waals surface area contributed by atoms with Crippen LogP contribution in [0.5, 0.6) is 0 Å². The van der Waals surface area contributed by atoms with Crippen LogP contribution in [-0.2, 0) is 6.42 Å². The van der Waals surface area contributed by atoms with Crippen LogP contribution in [0.3, 0.4) is 0 Å². The first-order valence-corrected chi connectivity index (χ1v) is 11.5. The van der Waals surface area contributed by atoms with Crippen LogP contribution in [0.2, 0.25) is 0 Å². The first-order chi connectivity index (χ1) is 16.3. The first-order valence-electron chi connectivity index (χ1n) is 11.5. The average Bonchev–Trinajstić information content (AvgIpc) is 3.40. The van der Waals surface area contributed by atoms with Crippen molar-refractivity contribution in [2.45, 2.75) is 12.8 Å². The molecule has 0 saturated carbocycles. The van der Waals surface area contributed by atoms with Crippen LogP contribution < -0.4 is 0 Å². The molecule has 33 heavy (non-hydrogen) atoms. The van der Waals surface area contributed by atoms with Gasteiger partial charge in [-0.25, -0.2) is 0 Å². The summed E-state index contributed by atoms with van der Waals surface area (Å²) in [7, 11) is 0. The van der Waals surface area contributed by atoms with Crippen LogP contribution in [-0.4, -0.2) is 0 Å². The molecule has 1 heteroatoms. The normalized spacial score (nSPS) is 12.5. The van der Waals surface area contributed by atoms with Gasteiger partial charge < -0.3 is 4.42 Å². The second kappa shape index (κ2) is 8.44. The number of furan rings is 1. The zero-order valence-electron chi connectivity index (χ0n) is 18.4. The average molecular weight is 425 g/mol. The lowest BCUT2D eigenvalue weighted by molar-refractivity contribution is 0.597. The maximum absolute atomic E-state index is 6.27. The lowest BCUT2D eigenvalue weighted by Crippen LogP contribution is -1.96. The van der Waals surface area contributed by atoms with Gasteiger partial charge in [-0.3, -0.25) is 0 Å². The molecule has 0 fully saturated rings. The summed E-state index contributed by atoms with van der Waals surface area (Å²) < 4.78 is 6.27. The molecule has 6 rings (SSSR count). The Morgan fingerprint density at radius 1 is 0.515 bits per heavy atom. The van der Waals surface area contributed by atoms with Crippen LogP contribution in [0.4, 0.5) is 0 Å². The summed E-state index contributed by atoms with van der Waals surface area (Å²) in [5, 5.41) is 0. The van der Waals surface area contributed by atoms with E-state index >= 15 is 0 Å². The Balaban J connectivity index is 1.29. The van der Waals surface area contributed by atoms with Gasteiger partial charge in [0, 0.05) is 11.1 Å². The van der Waals surface area contributed by atoms with Gasteiger partial charge in [-0.2, -0.15) is 0 Å². The van der Waals surface area contributed by atoms with E-state index in [1.54, 1.807) is 0 Å². The molecule has 0 unspecified atom stereocenters. The molecular formula is C32H24O. The van der Waals surface area contributed by atoms with Gasteiger partial charge >= 0.3 is 0 Å². The minimum absolute atomic E-state index is 0.883. The van der Waals surface area contributed by atoms with Crippen LogP contribution in [0.1, 0.15) is 17.5 Å². The Kier molecular flexibility index (Phi) is 5.01. The molecule has 1 nitrogen and oxygen atoms in total. The molecule has 1 heterocycles. The van der Waals surface area contributed by atoms with E-state index in [1.807, 2.05) is 6.07 Å². The van der Waals surface area contributed by atoms with Crippen molar-refractivity contribution in [3.63, 3.8) is 0 Å². The summed E-state index contributed by atoms with van der Waals surface area (Å²) in [6.45, 7) is 0. The molecule has 0 spiro atoms. The van der Waals surface area contributed by atoms with Crippen molar-refractivity contribution >= 4 is 6.08 Å². The molecular weight excluding hydrogens is 400 g/mol. The van der Waals surface area contributed by atoms with Crippen molar-refractivity contribution in [1.29, 1.82) is 0 Å². The van der Waals surface area contributed by atoms with Crippen molar-refractivity contribution < 1.29 is 4.42 Å². The summed E-state index contributed by atoms with van der Waals surface area (Å²) in [4.78, 5) is 0. The Labute approximate surface area is 194 Å². The van der Waals surface area contributed by atoms with Gasteiger partial charge in [0.15, 0.2) is 0 Å². The summed E-state index contributed by atoms with van der Waals surface area (Å²) in [6, 6.07) is 38.4. The number of hydrogen-bond donors (Lipinski definition) is 0. The zero-order chi connectivity index (χ0) is 22.0. The Bertz CT molecular complexity index is 1440. The third-order valence-electron chi connectivity index (χ3n) is 6.40. The number of fused-ring (bicyclic) bond motifs is 1. The predicted octanol–water partition coefficient (Wildman–Crippen LogP) is 8.91. The molecule has 0 bridgehead atoms. The molecule has 1 aliphatic carbocycles. The van der Waals surface area contributed by atoms with Crippen molar-refractivity contribution in [1.82, 2.24) is 0 Å². The molecule has 0 radical (unpaired) electrons. The minimum Gasteiger partial charge on any atom is -0.456 e. The van der Waals surface area contributed by atoms with Crippen LogP contribution in [0.15, 0.2) is 120 Å². The van der Waals surface area contributed by atoms with Gasteiger partial charge in [-0.15, -0.1) is 0 Å². The van der Waals surface area contributed by atoms with E-state index < -0.39 is 0 Å². The zero-order valence-corrected chi connectivity index (χ0v) is 18.4. The molecule has 0 amide bonds. The first kappa shape index (κ1) is 19.6. The van der Waals surface area contributed by atoms with E-state index in [0.717, 1.165) is 35.5 Å². The smallest absolute Gasteiger partial charge is 0.134 e. The number of allylic oxidation sites excluding steroid dienone is 1. The molecule has 1 aromatic heterocycles. The van der Waals surface area contributed by atoms with Gasteiger partial charge in [-0.1, -0.05) is 103 Å². The third-order valence-corrected chi connectivity index (χ3v) is 6.40. The second-order valence-corrected chi connectivity index (χ2v) is 8.51. The highest BCUT2D eigenvalue weighted by Gasteiger charge is 2.12. The summed E-state index contributed by atoms with van der Waals surface area (Å²) >= 11 is 0. The van der Waals surface area contributed by atoms with Crippen molar-refractivity contribution in [3.05, 3.63) is 126 Å². The quantitative estimate of drug-likeness (QED) is 0.281. The van der Waals surface area contributed by atoms with Gasteiger partial charge in [0.05, 0.1) is 0 Å². The van der Waals surface area contributed by atoms with Crippen molar-refractivity contribution in [2.75, 3.05) is 0 Å². The van der Waals surface area contributed by atoms with E-state index in [0.29, 0.717) is 0 Å². The minimum atomic E-state index is 0.883. The largest absolute Gasteiger partial charge is 0.456 e.